The molecule has 0 fully saturated rings. The summed E-state index contributed by atoms with van der Waals surface area (Å²) in [6, 6.07) is 0. The minimum atomic E-state index is 0.0677. The third kappa shape index (κ3) is 5.56. The lowest BCUT2D eigenvalue weighted by Gasteiger charge is -2.18. The van der Waals surface area contributed by atoms with Gasteiger partial charge in [0.2, 0.25) is 0 Å². The molecule has 0 amide bonds. The Morgan fingerprint density at radius 1 is 1.17 bits per heavy atom. The van der Waals surface area contributed by atoms with Crippen LogP contribution in [0.25, 0.3) is 0 Å². The molecule has 0 saturated carbocycles. The van der Waals surface area contributed by atoms with Crippen molar-refractivity contribution in [1.82, 2.24) is 4.90 Å². The maximum atomic E-state index is 8.88. The zero-order valence-corrected chi connectivity index (χ0v) is 7.16. The van der Waals surface area contributed by atoms with E-state index in [0.29, 0.717) is 19.6 Å². The molecule has 0 aromatic carbocycles. The van der Waals surface area contributed by atoms with Crippen molar-refractivity contribution in [3.63, 3.8) is 0 Å². The van der Waals surface area contributed by atoms with Crippen LogP contribution < -0.4 is 0 Å². The summed E-state index contributed by atoms with van der Waals surface area (Å²) in [7, 11) is 0. The fourth-order valence-corrected chi connectivity index (χ4v) is 0.884. The predicted molar refractivity (Wildman–Crippen MR) is 50.2 cm³/mol. The highest BCUT2D eigenvalue weighted by Crippen LogP contribution is 1.97. The van der Waals surface area contributed by atoms with E-state index in [2.05, 4.69) is 19.7 Å². The molecule has 2 N–H and O–H groups in total. The molecular weight excluding hydrogens is 154 g/mol. The van der Waals surface area contributed by atoms with Crippen LogP contribution in [0.3, 0.4) is 0 Å². The SMILES string of the molecule is C=CCN(CC(=C)O)CC(=C)O. The zero-order valence-electron chi connectivity index (χ0n) is 7.16. The average Bonchev–Trinajstić information content (AvgIpc) is 1.84. The van der Waals surface area contributed by atoms with Crippen LogP contribution in [-0.4, -0.2) is 34.7 Å². The van der Waals surface area contributed by atoms with Gasteiger partial charge in [-0.25, -0.2) is 0 Å². The molecule has 0 atom stereocenters. The van der Waals surface area contributed by atoms with Crippen molar-refractivity contribution in [3.05, 3.63) is 37.3 Å². The molecule has 0 bridgehead atoms. The van der Waals surface area contributed by atoms with Crippen LogP contribution in [0.4, 0.5) is 0 Å². The molecule has 0 spiro atoms. The van der Waals surface area contributed by atoms with Crippen molar-refractivity contribution >= 4 is 0 Å². The second-order valence-corrected chi connectivity index (χ2v) is 2.59. The highest BCUT2D eigenvalue weighted by Gasteiger charge is 2.04. The molecule has 12 heavy (non-hydrogen) atoms. The molecule has 0 aliphatic rings. The van der Waals surface area contributed by atoms with Gasteiger partial charge in [-0.05, 0) is 0 Å². The topological polar surface area (TPSA) is 43.7 Å². The number of hydrogen-bond acceptors (Lipinski definition) is 3. The summed E-state index contributed by atoms with van der Waals surface area (Å²) in [6.45, 7) is 11.5. The average molecular weight is 169 g/mol. The molecule has 0 unspecified atom stereocenters. The molecule has 3 nitrogen and oxygen atoms in total. The summed E-state index contributed by atoms with van der Waals surface area (Å²) in [4.78, 5) is 1.76. The molecule has 0 aliphatic heterocycles. The van der Waals surface area contributed by atoms with Crippen molar-refractivity contribution in [2.45, 2.75) is 0 Å². The van der Waals surface area contributed by atoms with Gasteiger partial charge >= 0.3 is 0 Å². The van der Waals surface area contributed by atoms with E-state index in [1.807, 2.05) is 0 Å². The third-order valence-electron chi connectivity index (χ3n) is 1.20. The largest absolute Gasteiger partial charge is 0.512 e. The smallest absolute Gasteiger partial charge is 0.0991 e. The standard InChI is InChI=1S/C9H15NO2/c1-4-5-10(6-8(2)11)7-9(3)12/h4,11-12H,1-3,5-7H2. The summed E-state index contributed by atoms with van der Waals surface area (Å²) in [5.74, 6) is 0.135. The van der Waals surface area contributed by atoms with E-state index in [9.17, 15) is 0 Å². The Hall–Kier alpha value is -1.22. The monoisotopic (exact) mass is 169 g/mol. The minimum Gasteiger partial charge on any atom is -0.512 e. The Morgan fingerprint density at radius 3 is 1.83 bits per heavy atom. The first-order valence-electron chi connectivity index (χ1n) is 3.63. The summed E-state index contributed by atoms with van der Waals surface area (Å²) in [6.07, 6.45) is 1.69. The van der Waals surface area contributed by atoms with E-state index in [0.717, 1.165) is 0 Å². The van der Waals surface area contributed by atoms with Crippen LogP contribution in [-0.2, 0) is 0 Å². The van der Waals surface area contributed by atoms with Gasteiger partial charge in [-0.2, -0.15) is 0 Å². The van der Waals surface area contributed by atoms with E-state index in [1.165, 1.54) is 0 Å². The molecule has 0 aromatic rings. The van der Waals surface area contributed by atoms with Gasteiger partial charge in [0.25, 0.3) is 0 Å². The van der Waals surface area contributed by atoms with Gasteiger partial charge in [0.1, 0.15) is 0 Å². The Bertz CT molecular complexity index is 171. The van der Waals surface area contributed by atoms with Crippen molar-refractivity contribution in [2.75, 3.05) is 19.6 Å². The normalized spacial score (nSPS) is 9.75. The van der Waals surface area contributed by atoms with Crippen molar-refractivity contribution in [1.29, 1.82) is 0 Å². The van der Waals surface area contributed by atoms with Crippen molar-refractivity contribution in [3.8, 4) is 0 Å². The van der Waals surface area contributed by atoms with Gasteiger partial charge in [-0.3, -0.25) is 4.90 Å². The number of aliphatic hydroxyl groups is 2. The number of rotatable bonds is 6. The summed E-state index contributed by atoms with van der Waals surface area (Å²) < 4.78 is 0. The molecule has 0 saturated heterocycles. The van der Waals surface area contributed by atoms with E-state index in [1.54, 1.807) is 11.0 Å². The van der Waals surface area contributed by atoms with Gasteiger partial charge in [-0.15, -0.1) is 6.58 Å². The Morgan fingerprint density at radius 2 is 1.58 bits per heavy atom. The van der Waals surface area contributed by atoms with E-state index in [4.69, 9.17) is 10.2 Å². The van der Waals surface area contributed by atoms with Crippen LogP contribution in [0.2, 0.25) is 0 Å². The predicted octanol–water partition coefficient (Wildman–Crippen LogP) is 1.62. The molecule has 0 rings (SSSR count). The van der Waals surface area contributed by atoms with Gasteiger partial charge in [0.05, 0.1) is 24.6 Å². The lowest BCUT2D eigenvalue weighted by molar-refractivity contribution is 0.252. The number of nitrogens with zero attached hydrogens (tertiary/aromatic N) is 1. The van der Waals surface area contributed by atoms with E-state index in [-0.39, 0.29) is 11.5 Å². The van der Waals surface area contributed by atoms with Gasteiger partial charge in [0, 0.05) is 6.54 Å². The molecular formula is C9H15NO2. The summed E-state index contributed by atoms with van der Waals surface area (Å²) in [5.41, 5.74) is 0. The second kappa shape index (κ2) is 5.43. The Balaban J connectivity index is 3.93. The molecule has 3 heteroatoms. The van der Waals surface area contributed by atoms with Gasteiger partial charge < -0.3 is 10.2 Å². The van der Waals surface area contributed by atoms with Crippen LogP contribution in [0, 0.1) is 0 Å². The highest BCUT2D eigenvalue weighted by molar-refractivity contribution is 4.92. The lowest BCUT2D eigenvalue weighted by atomic mass is 10.4. The van der Waals surface area contributed by atoms with Crippen LogP contribution in [0.1, 0.15) is 0 Å². The quantitative estimate of drug-likeness (QED) is 0.469. The lowest BCUT2D eigenvalue weighted by Crippen LogP contribution is -2.27. The van der Waals surface area contributed by atoms with Gasteiger partial charge in [0.15, 0.2) is 0 Å². The van der Waals surface area contributed by atoms with Crippen molar-refractivity contribution < 1.29 is 10.2 Å². The highest BCUT2D eigenvalue weighted by atomic mass is 16.3. The maximum absolute atomic E-state index is 8.88. The molecule has 0 aliphatic carbocycles. The summed E-state index contributed by atoms with van der Waals surface area (Å²) >= 11 is 0. The maximum Gasteiger partial charge on any atom is 0.0991 e. The molecule has 0 heterocycles. The van der Waals surface area contributed by atoms with Crippen LogP contribution in [0.5, 0.6) is 0 Å². The van der Waals surface area contributed by atoms with Crippen LogP contribution in [0.15, 0.2) is 37.3 Å². The minimum absolute atomic E-state index is 0.0677. The first kappa shape index (κ1) is 10.8. The molecule has 68 valence electrons. The molecule has 0 radical (unpaired) electrons. The number of aliphatic hydroxyl groups excluding tert-OH is 2. The Kier molecular flexibility index (Phi) is 4.88. The van der Waals surface area contributed by atoms with Crippen molar-refractivity contribution in [2.24, 2.45) is 0 Å². The summed E-state index contributed by atoms with van der Waals surface area (Å²) in [5, 5.41) is 17.8. The first-order chi connectivity index (χ1) is 5.56. The van der Waals surface area contributed by atoms with Gasteiger partial charge in [-0.1, -0.05) is 19.2 Å². The Labute approximate surface area is 72.9 Å². The molecule has 0 aromatic heterocycles. The van der Waals surface area contributed by atoms with E-state index < -0.39 is 0 Å². The van der Waals surface area contributed by atoms with Crippen LogP contribution >= 0.6 is 0 Å². The fourth-order valence-electron chi connectivity index (χ4n) is 0.884. The number of hydrogen-bond donors (Lipinski definition) is 2. The fraction of sp³-hybridized carbons (Fsp3) is 0.333. The first-order valence-corrected chi connectivity index (χ1v) is 3.63. The van der Waals surface area contributed by atoms with E-state index >= 15 is 0 Å². The third-order valence-corrected chi connectivity index (χ3v) is 1.20. The zero-order chi connectivity index (χ0) is 9.56. The second-order valence-electron chi connectivity index (χ2n) is 2.59.